The third kappa shape index (κ3) is 21.8. The summed E-state index contributed by atoms with van der Waals surface area (Å²) in [5.74, 6) is -0.674. The highest BCUT2D eigenvalue weighted by Gasteiger charge is 2.50. The molecule has 0 radical (unpaired) electrons. The molecule has 3 unspecified atom stereocenters. The number of unbranched alkanes of at least 4 members (excludes halogenated alkanes) is 4. The van der Waals surface area contributed by atoms with Gasteiger partial charge in [0, 0.05) is 13.2 Å². The molecule has 0 aliphatic rings. The van der Waals surface area contributed by atoms with E-state index >= 15 is 0 Å². The van der Waals surface area contributed by atoms with Gasteiger partial charge in [-0.1, -0.05) is 136 Å². The zero-order chi connectivity index (χ0) is 45.9. The fourth-order valence-electron chi connectivity index (χ4n) is 8.75. The molecule has 0 spiro atoms. The molecule has 0 saturated carbocycles. The highest BCUT2D eigenvalue weighted by Crippen LogP contribution is 2.51. The van der Waals surface area contributed by atoms with Crippen LogP contribution in [0.3, 0.4) is 0 Å². The van der Waals surface area contributed by atoms with Crippen LogP contribution in [-0.4, -0.2) is 75.0 Å². The highest BCUT2D eigenvalue weighted by atomic mass is 16.5. The maximum Gasteiger partial charge on any atom is 0.312 e. The van der Waals surface area contributed by atoms with E-state index in [1.54, 1.807) is 0 Å². The summed E-state index contributed by atoms with van der Waals surface area (Å²) in [6.45, 7) is 37.5. The SMILES string of the molecule is CCCCOC(=O)C(CC(C)(C)CCCCC(C)(C)C(CC(C)(C)C)C(=O)OCCCCO)C(C)(C)CCCCC(C)(C)CC(C)(C(=O)OCCN(C)C)C(C)(C)CC. The van der Waals surface area contributed by atoms with Crippen molar-refractivity contribution >= 4 is 17.9 Å². The van der Waals surface area contributed by atoms with Gasteiger partial charge in [0.1, 0.15) is 6.61 Å². The van der Waals surface area contributed by atoms with Gasteiger partial charge in [-0.15, -0.1) is 0 Å². The molecule has 0 saturated heterocycles. The summed E-state index contributed by atoms with van der Waals surface area (Å²) in [7, 11) is 3.99. The Balaban J connectivity index is 5.78. The number of ether oxygens (including phenoxy) is 3. The smallest absolute Gasteiger partial charge is 0.312 e. The van der Waals surface area contributed by atoms with Gasteiger partial charge >= 0.3 is 17.9 Å². The van der Waals surface area contributed by atoms with Crippen LogP contribution < -0.4 is 0 Å². The molecule has 0 rings (SSSR count). The Hall–Kier alpha value is -1.67. The summed E-state index contributed by atoms with van der Waals surface area (Å²) in [4.78, 5) is 43.0. The molecule has 8 heteroatoms. The van der Waals surface area contributed by atoms with E-state index in [1.807, 2.05) is 19.0 Å². The molecule has 0 bridgehead atoms. The molecule has 0 fully saturated rings. The van der Waals surface area contributed by atoms with Crippen molar-refractivity contribution in [2.45, 2.75) is 214 Å². The van der Waals surface area contributed by atoms with Crippen LogP contribution in [0.5, 0.6) is 0 Å². The number of aliphatic hydroxyl groups is 1. The van der Waals surface area contributed by atoms with Gasteiger partial charge in [-0.3, -0.25) is 14.4 Å². The van der Waals surface area contributed by atoms with Gasteiger partial charge in [-0.05, 0) is 124 Å². The second kappa shape index (κ2) is 25.4. The number of nitrogens with zero attached hydrogens (tertiary/aromatic N) is 1. The van der Waals surface area contributed by atoms with E-state index in [0.29, 0.717) is 39.2 Å². The van der Waals surface area contributed by atoms with Crippen LogP contribution in [0, 0.1) is 49.7 Å². The second-order valence-corrected chi connectivity index (χ2v) is 23.6. The van der Waals surface area contributed by atoms with Crippen molar-refractivity contribution in [3.8, 4) is 0 Å². The molecule has 8 nitrogen and oxygen atoms in total. The summed E-state index contributed by atoms with van der Waals surface area (Å²) in [6.07, 6.45) is 14.3. The number of rotatable bonds is 32. The van der Waals surface area contributed by atoms with E-state index in [2.05, 4.69) is 111 Å². The lowest BCUT2D eigenvalue weighted by molar-refractivity contribution is -0.166. The number of hydrogen-bond donors (Lipinski definition) is 1. The molecular weight excluding hydrogens is 739 g/mol. The normalized spacial score (nSPS) is 15.5. The first kappa shape index (κ1) is 57.3. The van der Waals surface area contributed by atoms with Crippen LogP contribution in [0.1, 0.15) is 214 Å². The molecule has 0 amide bonds. The molecule has 0 aliphatic heterocycles. The molecule has 59 heavy (non-hydrogen) atoms. The maximum absolute atomic E-state index is 13.9. The van der Waals surface area contributed by atoms with E-state index in [1.165, 1.54) is 0 Å². The Bertz CT molecular complexity index is 1210. The first-order valence-corrected chi connectivity index (χ1v) is 23.7. The molecule has 0 aromatic carbocycles. The average Bonchev–Trinajstić information content (AvgIpc) is 3.10. The second-order valence-electron chi connectivity index (χ2n) is 23.6. The molecule has 3 atom stereocenters. The maximum atomic E-state index is 13.9. The summed E-state index contributed by atoms with van der Waals surface area (Å²) in [5, 5.41) is 9.15. The minimum atomic E-state index is -0.605. The third-order valence-corrected chi connectivity index (χ3v) is 13.8. The molecular formula is C51H99NO7. The van der Waals surface area contributed by atoms with Gasteiger partial charge in [-0.2, -0.15) is 0 Å². The first-order valence-electron chi connectivity index (χ1n) is 23.7. The standard InChI is InChI=1S/C51H99NO7/c1-19-21-34-57-43(55)41(38-46(6,7)28-22-24-30-48(10,11)40(37-45(3,4)5)42(54)58-35-27-26-33-53)49(12,13)31-25-23-29-47(8,9)39-51(16,50(14,15)20-2)44(56)59-36-32-52(17)18/h40-41,53H,19-39H2,1-18H3. The predicted octanol–water partition coefficient (Wildman–Crippen LogP) is 12.9. The summed E-state index contributed by atoms with van der Waals surface area (Å²) in [6, 6.07) is 0. The number of carbonyl (C=O) groups excluding carboxylic acids is 3. The topological polar surface area (TPSA) is 102 Å². The fraction of sp³-hybridized carbons (Fsp3) is 0.941. The minimum Gasteiger partial charge on any atom is -0.465 e. The number of esters is 3. The lowest BCUT2D eigenvalue weighted by Gasteiger charge is -2.46. The average molecular weight is 838 g/mol. The van der Waals surface area contributed by atoms with Crippen molar-refractivity contribution in [1.82, 2.24) is 4.90 Å². The number of aliphatic hydroxyl groups excluding tert-OH is 1. The van der Waals surface area contributed by atoms with Gasteiger partial charge in [0.25, 0.3) is 0 Å². The highest BCUT2D eigenvalue weighted by molar-refractivity contribution is 5.77. The number of hydrogen-bond acceptors (Lipinski definition) is 8. The Morgan fingerprint density at radius 1 is 0.559 bits per heavy atom. The summed E-state index contributed by atoms with van der Waals surface area (Å²) >= 11 is 0. The van der Waals surface area contributed by atoms with Crippen molar-refractivity contribution in [3.05, 3.63) is 0 Å². The Labute approximate surface area is 365 Å². The molecule has 0 aliphatic carbocycles. The summed E-state index contributed by atoms with van der Waals surface area (Å²) < 4.78 is 17.6. The van der Waals surface area contributed by atoms with Crippen molar-refractivity contribution in [1.29, 1.82) is 0 Å². The molecule has 350 valence electrons. The van der Waals surface area contributed by atoms with Gasteiger partial charge in [0.15, 0.2) is 0 Å². The number of likely N-dealkylation sites (N-methyl/N-ethyl adjacent to an activating group) is 1. The lowest BCUT2D eigenvalue weighted by Crippen LogP contribution is -2.46. The van der Waals surface area contributed by atoms with Gasteiger partial charge in [0.05, 0.1) is 30.5 Å². The van der Waals surface area contributed by atoms with E-state index in [4.69, 9.17) is 19.3 Å². The predicted molar refractivity (Wildman–Crippen MR) is 247 cm³/mol. The lowest BCUT2D eigenvalue weighted by atomic mass is 9.58. The minimum absolute atomic E-state index is 0.00756. The molecule has 0 heterocycles. The van der Waals surface area contributed by atoms with Crippen LogP contribution in [0.25, 0.3) is 0 Å². The van der Waals surface area contributed by atoms with Crippen LogP contribution in [0.15, 0.2) is 0 Å². The van der Waals surface area contributed by atoms with E-state index in [0.717, 1.165) is 89.9 Å². The largest absolute Gasteiger partial charge is 0.465 e. The number of carbonyl (C=O) groups is 3. The van der Waals surface area contributed by atoms with Crippen molar-refractivity contribution in [3.63, 3.8) is 0 Å². The molecule has 1 N–H and O–H groups in total. The van der Waals surface area contributed by atoms with Crippen LogP contribution in [0.2, 0.25) is 0 Å². The quantitative estimate of drug-likeness (QED) is 0.0406. The Morgan fingerprint density at radius 3 is 1.46 bits per heavy atom. The molecule has 0 aromatic heterocycles. The summed E-state index contributed by atoms with van der Waals surface area (Å²) in [5.41, 5.74) is -1.40. The molecule has 0 aromatic rings. The van der Waals surface area contributed by atoms with Crippen molar-refractivity contribution in [2.75, 3.05) is 47.1 Å². The third-order valence-electron chi connectivity index (χ3n) is 13.8. The fourth-order valence-corrected chi connectivity index (χ4v) is 8.75. The van der Waals surface area contributed by atoms with Gasteiger partial charge < -0.3 is 24.2 Å². The van der Waals surface area contributed by atoms with E-state index in [9.17, 15) is 14.4 Å². The van der Waals surface area contributed by atoms with Gasteiger partial charge in [-0.25, -0.2) is 0 Å². The zero-order valence-corrected chi connectivity index (χ0v) is 42.3. The Morgan fingerprint density at radius 2 is 1.02 bits per heavy atom. The Kier molecular flexibility index (Phi) is 24.7. The van der Waals surface area contributed by atoms with Crippen molar-refractivity contribution < 1.29 is 33.7 Å². The van der Waals surface area contributed by atoms with E-state index in [-0.39, 0.29) is 68.8 Å². The first-order chi connectivity index (χ1) is 26.9. The van der Waals surface area contributed by atoms with Gasteiger partial charge in [0.2, 0.25) is 0 Å². The van der Waals surface area contributed by atoms with Crippen molar-refractivity contribution in [2.24, 2.45) is 49.7 Å². The monoisotopic (exact) mass is 838 g/mol. The van der Waals surface area contributed by atoms with Crippen LogP contribution >= 0.6 is 0 Å². The van der Waals surface area contributed by atoms with Crippen LogP contribution in [-0.2, 0) is 28.6 Å². The van der Waals surface area contributed by atoms with Crippen LogP contribution in [0.4, 0.5) is 0 Å². The van der Waals surface area contributed by atoms with E-state index < -0.39 is 5.41 Å². The zero-order valence-electron chi connectivity index (χ0n) is 42.3.